The summed E-state index contributed by atoms with van der Waals surface area (Å²) in [5.74, 6) is 0. The highest BCUT2D eigenvalue weighted by atomic mass is 32.2. The lowest BCUT2D eigenvalue weighted by molar-refractivity contribution is -0.137. The zero-order chi connectivity index (χ0) is 15.7. The summed E-state index contributed by atoms with van der Waals surface area (Å²) < 4.78 is 62.5. The molecule has 0 amide bonds. The predicted octanol–water partition coefficient (Wildman–Crippen LogP) is 3.24. The van der Waals surface area contributed by atoms with Crippen molar-refractivity contribution < 1.29 is 21.6 Å². The summed E-state index contributed by atoms with van der Waals surface area (Å²) in [6.45, 7) is -0.203. The van der Waals surface area contributed by atoms with E-state index in [4.69, 9.17) is 5.73 Å². The van der Waals surface area contributed by atoms with E-state index in [9.17, 15) is 21.6 Å². The number of hydrogen-bond donors (Lipinski definition) is 1. The lowest BCUT2D eigenvalue weighted by Crippen LogP contribution is -2.21. The fraction of sp³-hybridized carbons (Fsp3) is 0.231. The van der Waals surface area contributed by atoms with Crippen molar-refractivity contribution in [3.8, 4) is 0 Å². The highest BCUT2D eigenvalue weighted by molar-refractivity contribution is 7.93. The Morgan fingerprint density at radius 2 is 1.76 bits per heavy atom. The van der Waals surface area contributed by atoms with Gasteiger partial charge in [0.1, 0.15) is 9.46 Å². The molecule has 0 fully saturated rings. The Bertz CT molecular complexity index is 692. The molecule has 3 nitrogen and oxygen atoms in total. The van der Waals surface area contributed by atoms with Gasteiger partial charge in [0.15, 0.2) is 9.84 Å². The molecular weight excluding hydrogens is 323 g/mol. The maximum atomic E-state index is 12.5. The molecule has 0 aliphatic carbocycles. The fourth-order valence-electron chi connectivity index (χ4n) is 1.89. The lowest BCUT2D eigenvalue weighted by Gasteiger charge is -2.16. The van der Waals surface area contributed by atoms with Crippen molar-refractivity contribution >= 4 is 21.2 Å². The SMILES string of the molecule is NC[C@@H](c1ccc(C(F)(F)F)cc1)S(=O)(=O)c1cccs1. The molecule has 0 bridgehead atoms. The summed E-state index contributed by atoms with van der Waals surface area (Å²) in [5, 5.41) is 0.561. The third-order valence-corrected chi connectivity index (χ3v) is 6.53. The fourth-order valence-corrected chi connectivity index (χ4v) is 4.71. The number of nitrogens with two attached hydrogens (primary N) is 1. The number of benzene rings is 1. The van der Waals surface area contributed by atoms with Gasteiger partial charge in [-0.3, -0.25) is 0 Å². The molecule has 2 aromatic rings. The predicted molar refractivity (Wildman–Crippen MR) is 74.7 cm³/mol. The molecule has 0 spiro atoms. The van der Waals surface area contributed by atoms with E-state index in [1.54, 1.807) is 11.4 Å². The van der Waals surface area contributed by atoms with Crippen LogP contribution in [0.5, 0.6) is 0 Å². The van der Waals surface area contributed by atoms with E-state index in [2.05, 4.69) is 0 Å². The normalized spacial score (nSPS) is 14.1. The second-order valence-electron chi connectivity index (χ2n) is 4.32. The Morgan fingerprint density at radius 3 is 2.19 bits per heavy atom. The summed E-state index contributed by atoms with van der Waals surface area (Å²) >= 11 is 1.05. The van der Waals surface area contributed by atoms with Crippen LogP contribution in [0.2, 0.25) is 0 Å². The highest BCUT2D eigenvalue weighted by Gasteiger charge is 2.32. The van der Waals surface area contributed by atoms with Gasteiger partial charge in [-0.2, -0.15) is 13.2 Å². The molecule has 0 aliphatic rings. The standard InChI is InChI=1S/C13H12F3NO2S2/c14-13(15,16)10-5-3-9(4-6-10)11(8-17)21(18,19)12-2-1-7-20-12/h1-7,11H,8,17H2/t11-/m0/s1. The summed E-state index contributed by atoms with van der Waals surface area (Å²) in [6.07, 6.45) is -4.45. The molecule has 114 valence electrons. The van der Waals surface area contributed by atoms with Gasteiger partial charge in [0.05, 0.1) is 5.56 Å². The average molecular weight is 335 g/mol. The first-order valence-corrected chi connectivity index (χ1v) is 8.34. The van der Waals surface area contributed by atoms with Crippen LogP contribution in [0.15, 0.2) is 46.0 Å². The van der Waals surface area contributed by atoms with Crippen molar-refractivity contribution in [2.45, 2.75) is 15.6 Å². The maximum absolute atomic E-state index is 12.5. The van der Waals surface area contributed by atoms with Crippen molar-refractivity contribution in [2.24, 2.45) is 5.73 Å². The quantitative estimate of drug-likeness (QED) is 0.933. The minimum atomic E-state index is -4.45. The smallest absolute Gasteiger partial charge is 0.329 e. The number of halogens is 3. The van der Waals surface area contributed by atoms with Crippen LogP contribution < -0.4 is 5.73 Å². The van der Waals surface area contributed by atoms with Gasteiger partial charge in [-0.25, -0.2) is 8.42 Å². The third kappa shape index (κ3) is 3.28. The van der Waals surface area contributed by atoms with Crippen LogP contribution in [-0.4, -0.2) is 15.0 Å². The Balaban J connectivity index is 2.39. The van der Waals surface area contributed by atoms with Crippen molar-refractivity contribution in [2.75, 3.05) is 6.54 Å². The van der Waals surface area contributed by atoms with Crippen LogP contribution >= 0.6 is 11.3 Å². The highest BCUT2D eigenvalue weighted by Crippen LogP contribution is 2.33. The molecule has 0 radical (unpaired) electrons. The molecule has 0 saturated carbocycles. The van der Waals surface area contributed by atoms with Crippen LogP contribution in [0.1, 0.15) is 16.4 Å². The minimum absolute atomic E-state index is 0.151. The van der Waals surface area contributed by atoms with Gasteiger partial charge in [0.25, 0.3) is 0 Å². The second kappa shape index (κ2) is 5.78. The number of alkyl halides is 3. The molecule has 2 rings (SSSR count). The van der Waals surface area contributed by atoms with Crippen LogP contribution in [-0.2, 0) is 16.0 Å². The topological polar surface area (TPSA) is 60.2 Å². The molecular formula is C13H12F3NO2S2. The Morgan fingerprint density at radius 1 is 1.14 bits per heavy atom. The van der Waals surface area contributed by atoms with Crippen molar-refractivity contribution in [1.82, 2.24) is 0 Å². The van der Waals surface area contributed by atoms with E-state index >= 15 is 0 Å². The molecule has 8 heteroatoms. The van der Waals surface area contributed by atoms with Crippen LogP contribution in [0.25, 0.3) is 0 Å². The van der Waals surface area contributed by atoms with Crippen LogP contribution in [0, 0.1) is 0 Å². The molecule has 1 atom stereocenters. The van der Waals surface area contributed by atoms with Crippen LogP contribution in [0.4, 0.5) is 13.2 Å². The first-order valence-electron chi connectivity index (χ1n) is 5.91. The lowest BCUT2D eigenvalue weighted by atomic mass is 10.1. The Kier molecular flexibility index (Phi) is 4.40. The Hall–Kier alpha value is -1.38. The van der Waals surface area contributed by atoms with Gasteiger partial charge in [0.2, 0.25) is 0 Å². The monoisotopic (exact) mass is 335 g/mol. The van der Waals surface area contributed by atoms with Crippen molar-refractivity contribution in [3.05, 3.63) is 52.9 Å². The van der Waals surface area contributed by atoms with E-state index in [-0.39, 0.29) is 16.3 Å². The minimum Gasteiger partial charge on any atom is -0.329 e. The van der Waals surface area contributed by atoms with E-state index in [1.165, 1.54) is 6.07 Å². The molecule has 2 N–H and O–H groups in total. The van der Waals surface area contributed by atoms with Crippen molar-refractivity contribution in [3.63, 3.8) is 0 Å². The summed E-state index contributed by atoms with van der Waals surface area (Å²) in [4.78, 5) is 0. The molecule has 0 saturated heterocycles. The summed E-state index contributed by atoms with van der Waals surface area (Å²) in [5.41, 5.74) is 4.95. The first-order chi connectivity index (χ1) is 9.76. The third-order valence-electron chi connectivity index (χ3n) is 2.97. The number of sulfone groups is 1. The van der Waals surface area contributed by atoms with Gasteiger partial charge in [-0.05, 0) is 29.1 Å². The van der Waals surface area contributed by atoms with Gasteiger partial charge in [-0.15, -0.1) is 11.3 Å². The zero-order valence-electron chi connectivity index (χ0n) is 10.7. The van der Waals surface area contributed by atoms with Crippen molar-refractivity contribution in [1.29, 1.82) is 0 Å². The van der Waals surface area contributed by atoms with Gasteiger partial charge < -0.3 is 5.73 Å². The summed E-state index contributed by atoms with van der Waals surface area (Å²) in [7, 11) is -3.70. The number of hydrogen-bond acceptors (Lipinski definition) is 4. The van der Waals surface area contributed by atoms with E-state index in [0.717, 1.165) is 35.6 Å². The average Bonchev–Trinajstić information content (AvgIpc) is 2.93. The van der Waals surface area contributed by atoms with Gasteiger partial charge in [0, 0.05) is 6.54 Å². The molecule has 1 aromatic heterocycles. The number of thiophene rings is 1. The molecule has 21 heavy (non-hydrogen) atoms. The van der Waals surface area contributed by atoms with E-state index < -0.39 is 26.8 Å². The molecule has 0 aliphatic heterocycles. The van der Waals surface area contributed by atoms with Gasteiger partial charge in [-0.1, -0.05) is 18.2 Å². The summed E-state index contributed by atoms with van der Waals surface area (Å²) in [6, 6.07) is 7.09. The van der Waals surface area contributed by atoms with E-state index in [1.807, 2.05) is 0 Å². The van der Waals surface area contributed by atoms with Gasteiger partial charge >= 0.3 is 6.18 Å². The number of rotatable bonds is 4. The second-order valence-corrected chi connectivity index (χ2v) is 7.63. The van der Waals surface area contributed by atoms with Crippen LogP contribution in [0.3, 0.4) is 0 Å². The maximum Gasteiger partial charge on any atom is 0.416 e. The van der Waals surface area contributed by atoms with E-state index in [0.29, 0.717) is 0 Å². The largest absolute Gasteiger partial charge is 0.416 e. The first kappa shape index (κ1) is 16.0. The molecule has 0 unspecified atom stereocenters. The molecule has 1 heterocycles. The molecule has 1 aromatic carbocycles. The zero-order valence-corrected chi connectivity index (χ0v) is 12.3. The Labute approximate surface area is 124 Å².